The van der Waals surface area contributed by atoms with Crippen molar-refractivity contribution in [3.05, 3.63) is 75.2 Å². The van der Waals surface area contributed by atoms with E-state index in [1.165, 1.54) is 42.6 Å². The van der Waals surface area contributed by atoms with Gasteiger partial charge in [0.25, 0.3) is 11.6 Å². The van der Waals surface area contributed by atoms with Gasteiger partial charge in [-0.15, -0.1) is 0 Å². The average Bonchev–Trinajstić information content (AvgIpc) is 2.52. The fraction of sp³-hybridized carbons (Fsp3) is 0.143. The molecule has 0 aliphatic carbocycles. The number of hydrogen-bond acceptors (Lipinski definition) is 5. The van der Waals surface area contributed by atoms with E-state index in [9.17, 15) is 25.2 Å². The summed E-state index contributed by atoms with van der Waals surface area (Å²) in [5, 5.41) is 34.0. The highest BCUT2D eigenvalue weighted by atomic mass is 16.6. The van der Waals surface area contributed by atoms with E-state index in [1.54, 1.807) is 0 Å². The molecule has 0 spiro atoms. The van der Waals surface area contributed by atoms with E-state index in [1.807, 2.05) is 0 Å². The number of aliphatic hydroxyl groups excluding tert-OH is 1. The topological polar surface area (TPSA) is 119 Å². The van der Waals surface area contributed by atoms with E-state index in [4.69, 9.17) is 0 Å². The van der Waals surface area contributed by atoms with Crippen LogP contribution in [-0.4, -0.2) is 22.5 Å². The summed E-state index contributed by atoms with van der Waals surface area (Å²) in [7, 11) is 0. The van der Waals surface area contributed by atoms with Gasteiger partial charge in [0, 0.05) is 24.7 Å². The minimum Gasteiger partial charge on any atom is -0.619 e. The number of nitrogens with zero attached hydrogens (tertiary/aromatic N) is 2. The molecule has 114 valence electrons. The zero-order valence-electron chi connectivity index (χ0n) is 11.4. The zero-order chi connectivity index (χ0) is 16.1. The molecule has 0 fully saturated rings. The number of nitro groups is 1. The lowest BCUT2D eigenvalue weighted by molar-refractivity contribution is -0.605. The number of aromatic nitrogens is 1. The fourth-order valence-electron chi connectivity index (χ4n) is 1.82. The van der Waals surface area contributed by atoms with Crippen LogP contribution in [0.1, 0.15) is 22.0 Å². The molecule has 0 radical (unpaired) electrons. The SMILES string of the molecule is O=C(NCC(O)c1ccc([N+](=O)[O-])cc1)c1ccc[n+]([O-])c1. The normalized spacial score (nSPS) is 11.7. The van der Waals surface area contributed by atoms with Crippen molar-refractivity contribution in [2.24, 2.45) is 0 Å². The molecule has 0 saturated heterocycles. The van der Waals surface area contributed by atoms with Gasteiger partial charge in [-0.05, 0) is 23.8 Å². The Balaban J connectivity index is 1.96. The van der Waals surface area contributed by atoms with E-state index < -0.39 is 16.9 Å². The molecule has 2 aromatic rings. The maximum atomic E-state index is 11.8. The minimum atomic E-state index is -1.01. The Morgan fingerprint density at radius 3 is 2.59 bits per heavy atom. The number of pyridine rings is 1. The summed E-state index contributed by atoms with van der Waals surface area (Å²) in [5.74, 6) is -0.494. The summed E-state index contributed by atoms with van der Waals surface area (Å²) in [4.78, 5) is 21.8. The Labute approximate surface area is 125 Å². The maximum Gasteiger partial charge on any atom is 0.269 e. The van der Waals surface area contributed by atoms with Gasteiger partial charge in [0.1, 0.15) is 5.56 Å². The molecule has 8 heteroatoms. The number of nitro benzene ring substituents is 1. The Morgan fingerprint density at radius 1 is 1.32 bits per heavy atom. The van der Waals surface area contributed by atoms with Crippen molar-refractivity contribution < 1.29 is 19.6 Å². The molecule has 1 aromatic heterocycles. The molecule has 1 amide bonds. The Morgan fingerprint density at radius 2 is 2.00 bits per heavy atom. The van der Waals surface area contributed by atoms with Crippen LogP contribution in [0, 0.1) is 15.3 Å². The highest BCUT2D eigenvalue weighted by molar-refractivity contribution is 5.93. The van der Waals surface area contributed by atoms with Crippen LogP contribution >= 0.6 is 0 Å². The van der Waals surface area contributed by atoms with Gasteiger partial charge in [0.15, 0.2) is 12.4 Å². The number of hydrogen-bond donors (Lipinski definition) is 2. The quantitative estimate of drug-likeness (QED) is 0.364. The number of non-ortho nitro benzene ring substituents is 1. The van der Waals surface area contributed by atoms with E-state index in [0.29, 0.717) is 10.3 Å². The minimum absolute atomic E-state index is 0.0790. The number of carbonyl (C=O) groups is 1. The number of nitrogens with one attached hydrogen (secondary N) is 1. The third-order valence-electron chi connectivity index (χ3n) is 2.98. The van der Waals surface area contributed by atoms with Crippen LogP contribution < -0.4 is 10.0 Å². The molecule has 0 bridgehead atoms. The summed E-state index contributed by atoms with van der Waals surface area (Å²) in [6.45, 7) is -0.0790. The number of rotatable bonds is 5. The third kappa shape index (κ3) is 3.76. The van der Waals surface area contributed by atoms with E-state index in [-0.39, 0.29) is 17.8 Å². The van der Waals surface area contributed by atoms with Crippen LogP contribution in [0.4, 0.5) is 5.69 Å². The molecule has 22 heavy (non-hydrogen) atoms. The number of aliphatic hydroxyl groups is 1. The van der Waals surface area contributed by atoms with Gasteiger partial charge in [-0.1, -0.05) is 0 Å². The van der Waals surface area contributed by atoms with E-state index >= 15 is 0 Å². The van der Waals surface area contributed by atoms with E-state index in [2.05, 4.69) is 5.32 Å². The summed E-state index contributed by atoms with van der Waals surface area (Å²) in [6.07, 6.45) is 1.36. The molecular formula is C14H13N3O5. The summed E-state index contributed by atoms with van der Waals surface area (Å²) < 4.78 is 0.502. The van der Waals surface area contributed by atoms with Crippen LogP contribution in [0.3, 0.4) is 0 Å². The van der Waals surface area contributed by atoms with Crippen LogP contribution in [0.5, 0.6) is 0 Å². The number of benzene rings is 1. The number of amides is 1. The van der Waals surface area contributed by atoms with Crippen LogP contribution in [0.2, 0.25) is 0 Å². The monoisotopic (exact) mass is 303 g/mol. The van der Waals surface area contributed by atoms with Gasteiger partial charge in [0.2, 0.25) is 0 Å². The smallest absolute Gasteiger partial charge is 0.269 e. The highest BCUT2D eigenvalue weighted by Crippen LogP contribution is 2.17. The van der Waals surface area contributed by atoms with Crippen molar-refractivity contribution in [2.75, 3.05) is 6.54 Å². The van der Waals surface area contributed by atoms with Crippen molar-refractivity contribution in [2.45, 2.75) is 6.10 Å². The van der Waals surface area contributed by atoms with Gasteiger partial charge >= 0.3 is 0 Å². The Hall–Kier alpha value is -3.00. The molecule has 1 heterocycles. The van der Waals surface area contributed by atoms with Crippen LogP contribution in [-0.2, 0) is 0 Å². The van der Waals surface area contributed by atoms with Gasteiger partial charge in [-0.2, -0.15) is 4.73 Å². The number of carbonyl (C=O) groups excluding carboxylic acids is 1. The predicted molar refractivity (Wildman–Crippen MR) is 75.8 cm³/mol. The van der Waals surface area contributed by atoms with Crippen molar-refractivity contribution in [1.82, 2.24) is 5.32 Å². The first-order chi connectivity index (χ1) is 10.5. The molecule has 1 unspecified atom stereocenters. The van der Waals surface area contributed by atoms with Crippen molar-refractivity contribution in [1.29, 1.82) is 0 Å². The standard InChI is InChI=1S/C14H13N3O5/c18-13(10-3-5-12(6-4-10)17(21)22)8-15-14(19)11-2-1-7-16(20)9-11/h1-7,9,13,18H,8H2,(H,15,19). The van der Waals surface area contributed by atoms with E-state index in [0.717, 1.165) is 6.20 Å². The molecule has 8 nitrogen and oxygen atoms in total. The second-order valence-electron chi connectivity index (χ2n) is 4.53. The first kappa shape index (κ1) is 15.4. The van der Waals surface area contributed by atoms with Crippen molar-refractivity contribution in [3.63, 3.8) is 0 Å². The molecule has 2 N–H and O–H groups in total. The summed E-state index contributed by atoms with van der Waals surface area (Å²) in [5.41, 5.74) is 0.538. The lowest BCUT2D eigenvalue weighted by Crippen LogP contribution is -2.32. The fourth-order valence-corrected chi connectivity index (χ4v) is 1.82. The van der Waals surface area contributed by atoms with Crippen molar-refractivity contribution in [3.8, 4) is 0 Å². The van der Waals surface area contributed by atoms with Gasteiger partial charge in [0.05, 0.1) is 11.0 Å². The van der Waals surface area contributed by atoms with Gasteiger partial charge in [-0.25, -0.2) is 0 Å². The molecule has 0 saturated carbocycles. The largest absolute Gasteiger partial charge is 0.619 e. The first-order valence-electron chi connectivity index (χ1n) is 6.37. The second kappa shape index (κ2) is 6.64. The maximum absolute atomic E-state index is 11.8. The average molecular weight is 303 g/mol. The van der Waals surface area contributed by atoms with Gasteiger partial charge in [-0.3, -0.25) is 14.9 Å². The van der Waals surface area contributed by atoms with Crippen LogP contribution in [0.15, 0.2) is 48.8 Å². The lowest BCUT2D eigenvalue weighted by atomic mass is 10.1. The Kier molecular flexibility index (Phi) is 4.64. The Bertz CT molecular complexity index is 687. The second-order valence-corrected chi connectivity index (χ2v) is 4.53. The molecule has 2 rings (SSSR count). The van der Waals surface area contributed by atoms with Gasteiger partial charge < -0.3 is 15.6 Å². The first-order valence-corrected chi connectivity index (χ1v) is 6.37. The summed E-state index contributed by atoms with van der Waals surface area (Å²) >= 11 is 0. The van der Waals surface area contributed by atoms with Crippen molar-refractivity contribution >= 4 is 11.6 Å². The highest BCUT2D eigenvalue weighted by Gasteiger charge is 2.13. The molecule has 1 aromatic carbocycles. The third-order valence-corrected chi connectivity index (χ3v) is 2.98. The molecule has 1 atom stereocenters. The van der Waals surface area contributed by atoms with Crippen LogP contribution in [0.25, 0.3) is 0 Å². The lowest BCUT2D eigenvalue weighted by Gasteiger charge is -2.12. The molecular weight excluding hydrogens is 290 g/mol. The zero-order valence-corrected chi connectivity index (χ0v) is 11.4. The molecule has 0 aliphatic rings. The summed E-state index contributed by atoms with van der Waals surface area (Å²) in [6, 6.07) is 8.30. The predicted octanol–water partition coefficient (Wildman–Crippen LogP) is 0.692. The molecule has 0 aliphatic heterocycles.